The number of rotatable bonds is 3. The van der Waals surface area contributed by atoms with E-state index in [4.69, 9.17) is 10.3 Å². The quantitative estimate of drug-likeness (QED) is 0.386. The molecule has 0 radical (unpaired) electrons. The molecule has 0 N–H and O–H groups in total. The minimum Gasteiger partial charge on any atom is -0.450 e. The average Bonchev–Trinajstić information content (AvgIpc) is 2.66. The third-order valence-electron chi connectivity index (χ3n) is 2.27. The number of carbonyl (C=O) groups excluding carboxylic acids is 2. The van der Waals surface area contributed by atoms with Gasteiger partial charge in [0.15, 0.2) is 0 Å². The van der Waals surface area contributed by atoms with Crippen LogP contribution in [-0.2, 0) is 9.53 Å². The lowest BCUT2D eigenvalue weighted by Gasteiger charge is -2.20. The highest BCUT2D eigenvalue weighted by molar-refractivity contribution is 6.28. The molecule has 0 unspecified atom stereocenters. The third kappa shape index (κ3) is 2.63. The van der Waals surface area contributed by atoms with E-state index in [1.54, 1.807) is 6.92 Å². The van der Waals surface area contributed by atoms with Crippen LogP contribution in [0.4, 0.5) is 4.79 Å². The summed E-state index contributed by atoms with van der Waals surface area (Å²) in [6.45, 7) is 2.50. The van der Waals surface area contributed by atoms with Crippen molar-refractivity contribution < 1.29 is 19.1 Å². The van der Waals surface area contributed by atoms with Crippen molar-refractivity contribution in [1.82, 2.24) is 4.90 Å². The summed E-state index contributed by atoms with van der Waals surface area (Å²) in [4.78, 5) is 26.8. The van der Waals surface area contributed by atoms with E-state index in [1.165, 1.54) is 4.90 Å². The number of nitrogens with zero attached hydrogens (tertiary/aromatic N) is 3. The number of likely N-dealkylation sites (tertiary alicyclic amines) is 1. The second-order valence-electron chi connectivity index (χ2n) is 3.20. The molecule has 1 rings (SSSR count). The predicted molar refractivity (Wildman–Crippen MR) is 51.4 cm³/mol. The topological polar surface area (TPSA) is 83.0 Å². The van der Waals surface area contributed by atoms with Gasteiger partial charge in [0.05, 0.1) is 6.61 Å². The molecule has 1 amide bonds. The predicted octanol–water partition coefficient (Wildman–Crippen LogP) is 0.477. The van der Waals surface area contributed by atoms with Crippen molar-refractivity contribution in [3.05, 3.63) is 5.53 Å². The molecular weight excluding hydrogens is 198 g/mol. The summed E-state index contributed by atoms with van der Waals surface area (Å²) in [5.41, 5.74) is 8.24. The van der Waals surface area contributed by atoms with Crippen molar-refractivity contribution in [1.29, 1.82) is 0 Å². The van der Waals surface area contributed by atoms with E-state index >= 15 is 0 Å². The van der Waals surface area contributed by atoms with Gasteiger partial charge in [0.25, 0.3) is 5.78 Å². The molecule has 6 heteroatoms. The van der Waals surface area contributed by atoms with Crippen LogP contribution in [0.1, 0.15) is 19.8 Å². The van der Waals surface area contributed by atoms with Gasteiger partial charge < -0.3 is 10.3 Å². The van der Waals surface area contributed by atoms with Gasteiger partial charge >= 0.3 is 12.3 Å². The van der Waals surface area contributed by atoms with Crippen molar-refractivity contribution in [2.75, 3.05) is 13.2 Å². The van der Waals surface area contributed by atoms with Crippen molar-refractivity contribution in [2.45, 2.75) is 25.8 Å². The van der Waals surface area contributed by atoms with Gasteiger partial charge in [0.2, 0.25) is 0 Å². The summed E-state index contributed by atoms with van der Waals surface area (Å²) in [5.74, 6) is -0.372. The van der Waals surface area contributed by atoms with E-state index in [0.717, 1.165) is 12.6 Å². The molecule has 15 heavy (non-hydrogen) atoms. The summed E-state index contributed by atoms with van der Waals surface area (Å²) in [6.07, 6.45) is 1.68. The fourth-order valence-electron chi connectivity index (χ4n) is 1.63. The zero-order valence-corrected chi connectivity index (χ0v) is 8.55. The standard InChI is InChI=1S/C9H13N3O3/c1-2-15-9(14)12-5-3-4-7(12)8(13)6-11-10/h6-7H,2-5H2,1H3/t7-/m0/s1. The molecule has 82 valence electrons. The number of carbonyl (C=O) groups is 2. The minimum absolute atomic E-state index is 0.282. The molecule has 0 bridgehead atoms. The lowest BCUT2D eigenvalue weighted by molar-refractivity contribution is -0.119. The van der Waals surface area contributed by atoms with Crippen LogP contribution < -0.4 is 0 Å². The molecule has 0 aromatic carbocycles. The highest BCUT2D eigenvalue weighted by atomic mass is 16.6. The van der Waals surface area contributed by atoms with E-state index in [2.05, 4.69) is 4.79 Å². The van der Waals surface area contributed by atoms with Crippen LogP contribution in [0.3, 0.4) is 0 Å². The molecule has 0 aromatic heterocycles. The first-order chi connectivity index (χ1) is 7.20. The van der Waals surface area contributed by atoms with Crippen LogP contribution in [0.2, 0.25) is 0 Å². The fourth-order valence-corrected chi connectivity index (χ4v) is 1.63. The van der Waals surface area contributed by atoms with Crippen molar-refractivity contribution in [3.63, 3.8) is 0 Å². The third-order valence-corrected chi connectivity index (χ3v) is 2.27. The van der Waals surface area contributed by atoms with E-state index < -0.39 is 12.1 Å². The Balaban J connectivity index is 2.68. The molecule has 0 aliphatic carbocycles. The van der Waals surface area contributed by atoms with Gasteiger partial charge in [-0.3, -0.25) is 9.69 Å². The second-order valence-corrected chi connectivity index (χ2v) is 3.20. The molecule has 0 spiro atoms. The number of ether oxygens (including phenoxy) is 1. The first kappa shape index (κ1) is 11.4. The Labute approximate surface area is 87.4 Å². The second kappa shape index (κ2) is 5.26. The fraction of sp³-hybridized carbons (Fsp3) is 0.667. The Morgan fingerprint density at radius 1 is 1.67 bits per heavy atom. The maximum Gasteiger partial charge on any atom is 0.410 e. The maximum absolute atomic E-state index is 11.4. The number of hydrogen-bond acceptors (Lipinski definition) is 3. The number of Topliss-reactive ketones (excluding diaryl/α,β-unsaturated/α-hetero) is 1. The summed E-state index contributed by atoms with van der Waals surface area (Å²) >= 11 is 0. The van der Waals surface area contributed by atoms with E-state index in [1.807, 2.05) is 0 Å². The smallest absolute Gasteiger partial charge is 0.410 e. The largest absolute Gasteiger partial charge is 0.450 e. The Morgan fingerprint density at radius 2 is 2.40 bits per heavy atom. The molecule has 1 heterocycles. The monoisotopic (exact) mass is 211 g/mol. The highest BCUT2D eigenvalue weighted by Crippen LogP contribution is 2.18. The molecule has 1 aliphatic rings. The summed E-state index contributed by atoms with van der Waals surface area (Å²) in [5, 5.41) is 0. The molecular formula is C9H13N3O3. The average molecular weight is 211 g/mol. The Hall–Kier alpha value is -1.68. The van der Waals surface area contributed by atoms with E-state index in [9.17, 15) is 9.59 Å². The maximum atomic E-state index is 11.4. The molecule has 0 aromatic rings. The first-order valence-corrected chi connectivity index (χ1v) is 4.85. The first-order valence-electron chi connectivity index (χ1n) is 4.85. The Kier molecular flexibility index (Phi) is 4.00. The Morgan fingerprint density at radius 3 is 3.00 bits per heavy atom. The minimum atomic E-state index is -0.542. The van der Waals surface area contributed by atoms with Crippen molar-refractivity contribution in [3.8, 4) is 0 Å². The van der Waals surface area contributed by atoms with Gasteiger partial charge in [-0.05, 0) is 19.8 Å². The summed E-state index contributed by atoms with van der Waals surface area (Å²) in [6, 6.07) is -0.542. The van der Waals surface area contributed by atoms with Crippen molar-refractivity contribution >= 4 is 18.1 Å². The van der Waals surface area contributed by atoms with E-state index in [-0.39, 0.29) is 12.4 Å². The Bertz CT molecular complexity index is 310. The molecule has 1 fully saturated rings. The van der Waals surface area contributed by atoms with Gasteiger partial charge in [-0.1, -0.05) is 0 Å². The zero-order chi connectivity index (χ0) is 11.3. The lowest BCUT2D eigenvalue weighted by Crippen LogP contribution is -2.41. The van der Waals surface area contributed by atoms with Crippen LogP contribution in [0.15, 0.2) is 0 Å². The number of ketones is 1. The van der Waals surface area contributed by atoms with Gasteiger partial charge in [-0.25, -0.2) is 4.79 Å². The van der Waals surface area contributed by atoms with Crippen LogP contribution in [0.5, 0.6) is 0 Å². The number of hydrogen-bond donors (Lipinski definition) is 0. The van der Waals surface area contributed by atoms with Crippen LogP contribution in [-0.4, -0.2) is 47.0 Å². The summed E-state index contributed by atoms with van der Waals surface area (Å²) < 4.78 is 4.81. The molecule has 1 aliphatic heterocycles. The summed E-state index contributed by atoms with van der Waals surface area (Å²) in [7, 11) is 0. The van der Waals surface area contributed by atoms with Crippen molar-refractivity contribution in [2.24, 2.45) is 0 Å². The highest BCUT2D eigenvalue weighted by Gasteiger charge is 2.35. The SMILES string of the molecule is CCOC(=O)N1CCC[C@H]1C(=O)C=[N+]=[N-]. The van der Waals surface area contributed by atoms with Crippen LogP contribution >= 0.6 is 0 Å². The molecule has 1 saturated heterocycles. The van der Waals surface area contributed by atoms with E-state index in [0.29, 0.717) is 13.0 Å². The van der Waals surface area contributed by atoms with Crippen LogP contribution in [0.25, 0.3) is 5.53 Å². The van der Waals surface area contributed by atoms with Crippen LogP contribution in [0, 0.1) is 0 Å². The zero-order valence-electron chi connectivity index (χ0n) is 8.55. The number of amides is 1. The van der Waals surface area contributed by atoms with Gasteiger partial charge in [-0.2, -0.15) is 4.79 Å². The lowest BCUT2D eigenvalue weighted by atomic mass is 10.1. The molecule has 6 nitrogen and oxygen atoms in total. The molecule has 0 saturated carbocycles. The van der Waals surface area contributed by atoms with Gasteiger partial charge in [-0.15, -0.1) is 0 Å². The van der Waals surface area contributed by atoms with Gasteiger partial charge in [0, 0.05) is 6.54 Å². The molecule has 1 atom stereocenters. The van der Waals surface area contributed by atoms with Gasteiger partial charge in [0.1, 0.15) is 6.04 Å². The normalized spacial score (nSPS) is 19.5.